The molecule has 5 N–H and O–H groups in total. The van der Waals surface area contributed by atoms with E-state index in [4.69, 9.17) is 28.4 Å². The largest absolute Gasteiger partial charge is 0.497 e. The number of fused-ring (bicyclic) bond motifs is 1. The van der Waals surface area contributed by atoms with E-state index in [2.05, 4.69) is 0 Å². The van der Waals surface area contributed by atoms with E-state index in [1.165, 1.54) is 32.4 Å². The van der Waals surface area contributed by atoms with Crippen molar-refractivity contribution in [1.29, 1.82) is 0 Å². The average molecular weight is 565 g/mol. The number of carbonyl (C=O) groups excluding carboxylic acids is 2. The molecule has 0 radical (unpaired) electrons. The maximum absolute atomic E-state index is 12.2. The van der Waals surface area contributed by atoms with Crippen molar-refractivity contribution in [1.82, 2.24) is 0 Å². The molecular weight excluding hydrogens is 532 g/mol. The molecule has 218 valence electrons. The Kier molecular flexibility index (Phi) is 9.58. The molecule has 2 heterocycles. The highest BCUT2D eigenvalue weighted by atomic mass is 16.8. The fourth-order valence-electron chi connectivity index (χ4n) is 4.87. The lowest BCUT2D eigenvalue weighted by Gasteiger charge is -2.43. The Balaban J connectivity index is 1.42. The van der Waals surface area contributed by atoms with E-state index in [1.807, 2.05) is 0 Å². The molecule has 1 fully saturated rings. The number of esters is 2. The van der Waals surface area contributed by atoms with E-state index >= 15 is 0 Å². The molecule has 2 aliphatic heterocycles. The van der Waals surface area contributed by atoms with Crippen molar-refractivity contribution >= 4 is 18.0 Å². The van der Waals surface area contributed by atoms with Crippen LogP contribution in [0.5, 0.6) is 5.75 Å². The summed E-state index contributed by atoms with van der Waals surface area (Å²) < 4.78 is 32.0. The Morgan fingerprint density at radius 3 is 2.35 bits per heavy atom. The SMILES string of the molecule is COC(=O)C1=COC(OC2OC(COC(=O)C=Cc3ccc(OC)cc3)C(O)C(O)C2O)C2C(CO)=CC(O)C12. The molecule has 1 aromatic rings. The highest BCUT2D eigenvalue weighted by Crippen LogP contribution is 2.44. The molecule has 0 bridgehead atoms. The number of aliphatic hydroxyl groups excluding tert-OH is 5. The van der Waals surface area contributed by atoms with Gasteiger partial charge in [-0.2, -0.15) is 0 Å². The number of aliphatic hydroxyl groups is 5. The van der Waals surface area contributed by atoms with Crippen molar-refractivity contribution in [3.63, 3.8) is 0 Å². The lowest BCUT2D eigenvalue weighted by Crippen LogP contribution is -2.60. The maximum atomic E-state index is 12.2. The summed E-state index contributed by atoms with van der Waals surface area (Å²) in [5, 5.41) is 51.7. The first-order valence-corrected chi connectivity index (χ1v) is 12.5. The summed E-state index contributed by atoms with van der Waals surface area (Å²) in [6.07, 6.45) is -5.28. The van der Waals surface area contributed by atoms with Gasteiger partial charge >= 0.3 is 11.9 Å². The molecule has 0 spiro atoms. The van der Waals surface area contributed by atoms with Crippen molar-refractivity contribution in [3.8, 4) is 5.75 Å². The predicted molar refractivity (Wildman–Crippen MR) is 134 cm³/mol. The second-order valence-electron chi connectivity index (χ2n) is 9.40. The Morgan fingerprint density at radius 1 is 0.975 bits per heavy atom. The third kappa shape index (κ3) is 6.20. The highest BCUT2D eigenvalue weighted by molar-refractivity contribution is 5.89. The van der Waals surface area contributed by atoms with Gasteiger partial charge < -0.3 is 54.0 Å². The quantitative estimate of drug-likeness (QED) is 0.140. The molecule has 13 nitrogen and oxygen atoms in total. The Morgan fingerprint density at radius 2 is 1.70 bits per heavy atom. The van der Waals surface area contributed by atoms with Gasteiger partial charge in [0.25, 0.3) is 0 Å². The van der Waals surface area contributed by atoms with Crippen LogP contribution in [0.3, 0.4) is 0 Å². The molecule has 4 rings (SSSR count). The molecule has 0 saturated carbocycles. The lowest BCUT2D eigenvalue weighted by molar-refractivity contribution is -0.340. The Bertz CT molecular complexity index is 1140. The van der Waals surface area contributed by atoms with Gasteiger partial charge in [0.1, 0.15) is 36.8 Å². The van der Waals surface area contributed by atoms with Gasteiger partial charge in [0.2, 0.25) is 6.29 Å². The summed E-state index contributed by atoms with van der Waals surface area (Å²) in [6, 6.07) is 6.91. The molecule has 1 aliphatic carbocycles. The normalized spacial score (nSPS) is 33.4. The van der Waals surface area contributed by atoms with E-state index in [0.29, 0.717) is 16.9 Å². The number of benzene rings is 1. The van der Waals surface area contributed by atoms with E-state index in [-0.39, 0.29) is 5.57 Å². The van der Waals surface area contributed by atoms with Crippen LogP contribution in [-0.4, -0.2) is 108 Å². The molecule has 1 aromatic carbocycles. The van der Waals surface area contributed by atoms with Gasteiger partial charge in [0.15, 0.2) is 6.29 Å². The first-order valence-electron chi connectivity index (χ1n) is 12.5. The molecule has 9 atom stereocenters. The van der Waals surface area contributed by atoms with Crippen molar-refractivity contribution in [3.05, 3.63) is 59.4 Å². The van der Waals surface area contributed by atoms with Crippen LogP contribution in [-0.2, 0) is 33.3 Å². The number of methoxy groups -OCH3 is 2. The van der Waals surface area contributed by atoms with Crippen LogP contribution in [0.2, 0.25) is 0 Å². The molecule has 1 saturated heterocycles. The van der Waals surface area contributed by atoms with Crippen LogP contribution >= 0.6 is 0 Å². The molecule has 9 unspecified atom stereocenters. The van der Waals surface area contributed by atoms with Crippen LogP contribution in [0.25, 0.3) is 6.08 Å². The van der Waals surface area contributed by atoms with Gasteiger partial charge in [-0.1, -0.05) is 18.2 Å². The molecule has 0 aromatic heterocycles. The second kappa shape index (κ2) is 12.9. The minimum absolute atomic E-state index is 0.0209. The van der Waals surface area contributed by atoms with Crippen molar-refractivity contribution in [2.45, 2.75) is 43.1 Å². The van der Waals surface area contributed by atoms with Gasteiger partial charge in [0.05, 0.1) is 44.7 Å². The smallest absolute Gasteiger partial charge is 0.337 e. The first-order chi connectivity index (χ1) is 19.2. The zero-order valence-corrected chi connectivity index (χ0v) is 21.7. The van der Waals surface area contributed by atoms with Crippen LogP contribution in [0, 0.1) is 11.8 Å². The molecular formula is C27H32O13. The Hall–Kier alpha value is -3.30. The van der Waals surface area contributed by atoms with Gasteiger partial charge in [-0.25, -0.2) is 9.59 Å². The van der Waals surface area contributed by atoms with Crippen molar-refractivity contribution in [2.75, 3.05) is 27.4 Å². The third-order valence-electron chi connectivity index (χ3n) is 7.01. The molecule has 3 aliphatic rings. The number of hydrogen-bond donors (Lipinski definition) is 5. The fraction of sp³-hybridized carbons (Fsp3) is 0.481. The fourth-order valence-corrected chi connectivity index (χ4v) is 4.87. The van der Waals surface area contributed by atoms with E-state index in [9.17, 15) is 35.1 Å². The van der Waals surface area contributed by atoms with E-state index in [1.54, 1.807) is 24.3 Å². The summed E-state index contributed by atoms with van der Waals surface area (Å²) in [7, 11) is 2.71. The monoisotopic (exact) mass is 564 g/mol. The van der Waals surface area contributed by atoms with Crippen LogP contribution < -0.4 is 4.74 Å². The number of hydrogen-bond acceptors (Lipinski definition) is 13. The predicted octanol–water partition coefficient (Wildman–Crippen LogP) is -0.985. The van der Waals surface area contributed by atoms with Crippen molar-refractivity contribution < 1.29 is 63.5 Å². The summed E-state index contributed by atoms with van der Waals surface area (Å²) in [5.41, 5.74) is 1.05. The minimum Gasteiger partial charge on any atom is -0.497 e. The summed E-state index contributed by atoms with van der Waals surface area (Å²) in [6.45, 7) is -0.963. The summed E-state index contributed by atoms with van der Waals surface area (Å²) >= 11 is 0. The van der Waals surface area contributed by atoms with Gasteiger partial charge in [0, 0.05) is 12.0 Å². The maximum Gasteiger partial charge on any atom is 0.337 e. The molecule has 40 heavy (non-hydrogen) atoms. The van der Waals surface area contributed by atoms with Gasteiger partial charge in [-0.15, -0.1) is 0 Å². The van der Waals surface area contributed by atoms with Crippen LogP contribution in [0.4, 0.5) is 0 Å². The molecule has 13 heteroatoms. The zero-order valence-electron chi connectivity index (χ0n) is 21.7. The topological polar surface area (TPSA) is 191 Å². The van der Waals surface area contributed by atoms with Crippen molar-refractivity contribution in [2.24, 2.45) is 11.8 Å². The first kappa shape index (κ1) is 29.7. The second-order valence-corrected chi connectivity index (χ2v) is 9.40. The number of ether oxygens (including phenoxy) is 6. The third-order valence-corrected chi connectivity index (χ3v) is 7.01. The summed E-state index contributed by atoms with van der Waals surface area (Å²) in [4.78, 5) is 24.5. The van der Waals surface area contributed by atoms with E-state index in [0.717, 1.165) is 6.26 Å². The van der Waals surface area contributed by atoms with Gasteiger partial charge in [-0.3, -0.25) is 0 Å². The zero-order chi connectivity index (χ0) is 29.0. The molecule has 0 amide bonds. The lowest BCUT2D eigenvalue weighted by atomic mass is 9.82. The highest BCUT2D eigenvalue weighted by Gasteiger charge is 2.52. The summed E-state index contributed by atoms with van der Waals surface area (Å²) in [5.74, 6) is -2.57. The van der Waals surface area contributed by atoms with Gasteiger partial charge in [-0.05, 0) is 29.3 Å². The average Bonchev–Trinajstić information content (AvgIpc) is 3.32. The van der Waals surface area contributed by atoms with Crippen LogP contribution in [0.15, 0.2) is 53.8 Å². The number of rotatable bonds is 9. The number of carbonyl (C=O) groups is 2. The standard InChI is InChI=1S/C27H32O13/c1-35-15-6-3-13(4-7-15)5-8-19(30)37-12-18-22(31)23(32)24(33)27(39-18)40-26-20-14(10-28)9-17(29)21(20)16(11-38-26)25(34)36-2/h3-9,11,17-18,20-24,26-29,31-33H,10,12H2,1-2H3. The minimum atomic E-state index is -1.74. The van der Waals surface area contributed by atoms with E-state index < -0.39 is 80.1 Å². The Labute approximate surface area is 229 Å². The van der Waals surface area contributed by atoms with Crippen LogP contribution in [0.1, 0.15) is 5.56 Å².